The lowest BCUT2D eigenvalue weighted by molar-refractivity contribution is 0.0483. The molecule has 24 heavy (non-hydrogen) atoms. The van der Waals surface area contributed by atoms with Gasteiger partial charge in [0, 0.05) is 19.3 Å². The summed E-state index contributed by atoms with van der Waals surface area (Å²) in [7, 11) is 1.86. The van der Waals surface area contributed by atoms with Gasteiger partial charge < -0.3 is 14.4 Å². The average Bonchev–Trinajstić information content (AvgIpc) is 2.51. The van der Waals surface area contributed by atoms with E-state index in [1.165, 1.54) is 0 Å². The Morgan fingerprint density at radius 1 is 1.29 bits per heavy atom. The zero-order valence-electron chi connectivity index (χ0n) is 14.5. The van der Waals surface area contributed by atoms with Crippen LogP contribution in [-0.2, 0) is 9.47 Å². The van der Waals surface area contributed by atoms with Crippen LogP contribution in [0.3, 0.4) is 0 Å². The molecule has 2 rings (SSSR count). The number of nitrogens with one attached hydrogen (secondary N) is 2. The Morgan fingerprint density at radius 3 is 2.58 bits per heavy atom. The lowest BCUT2D eigenvalue weighted by Gasteiger charge is -2.29. The van der Waals surface area contributed by atoms with Crippen LogP contribution in [0, 0.1) is 0 Å². The standard InChI is InChI=1S/C15H23BN4O4/c1-15(2,3)24-14(22)19-18-13(21)11-8-10(16)9-17-12(11)20-4-6-23-7-5-20/h8-9H,4-7,16H2,1-3H3,(H,18,21)(H,19,22). The summed E-state index contributed by atoms with van der Waals surface area (Å²) in [5, 5.41) is 0. The molecule has 1 aromatic heterocycles. The highest BCUT2D eigenvalue weighted by Crippen LogP contribution is 2.17. The fraction of sp³-hybridized carbons (Fsp3) is 0.533. The van der Waals surface area contributed by atoms with Gasteiger partial charge in [-0.2, -0.15) is 0 Å². The summed E-state index contributed by atoms with van der Waals surface area (Å²) in [6, 6.07) is 1.74. The highest BCUT2D eigenvalue weighted by Gasteiger charge is 2.22. The van der Waals surface area contributed by atoms with Crippen LogP contribution in [0.4, 0.5) is 10.6 Å². The first-order valence-corrected chi connectivity index (χ1v) is 7.85. The molecule has 1 aliphatic rings. The molecule has 9 heteroatoms. The zero-order chi connectivity index (χ0) is 17.7. The van der Waals surface area contributed by atoms with E-state index < -0.39 is 17.6 Å². The van der Waals surface area contributed by atoms with Crippen LogP contribution in [0.25, 0.3) is 0 Å². The van der Waals surface area contributed by atoms with Crippen LogP contribution < -0.4 is 21.2 Å². The average molecular weight is 334 g/mol. The fourth-order valence-corrected chi connectivity index (χ4v) is 2.23. The topological polar surface area (TPSA) is 92.8 Å². The van der Waals surface area contributed by atoms with E-state index in [9.17, 15) is 9.59 Å². The zero-order valence-corrected chi connectivity index (χ0v) is 14.5. The fourth-order valence-electron chi connectivity index (χ4n) is 2.23. The Hall–Kier alpha value is -2.29. The summed E-state index contributed by atoms with van der Waals surface area (Å²) in [6.45, 7) is 7.74. The Balaban J connectivity index is 2.07. The highest BCUT2D eigenvalue weighted by molar-refractivity contribution is 6.32. The molecule has 2 amide bonds. The molecular formula is C15H23BN4O4. The minimum Gasteiger partial charge on any atom is -0.443 e. The number of hydrogen-bond donors (Lipinski definition) is 2. The van der Waals surface area contributed by atoms with Gasteiger partial charge >= 0.3 is 6.09 Å². The Bertz CT molecular complexity index is 612. The smallest absolute Gasteiger partial charge is 0.426 e. The predicted octanol–water partition coefficient (Wildman–Crippen LogP) is -0.654. The number of anilines is 1. The second-order valence-corrected chi connectivity index (χ2v) is 6.56. The first kappa shape index (κ1) is 18.1. The normalized spacial score (nSPS) is 14.9. The molecule has 0 radical (unpaired) electrons. The van der Waals surface area contributed by atoms with Gasteiger partial charge in [-0.3, -0.25) is 10.2 Å². The second-order valence-electron chi connectivity index (χ2n) is 6.56. The number of hydrazine groups is 1. The van der Waals surface area contributed by atoms with Crippen molar-refractivity contribution in [2.75, 3.05) is 31.2 Å². The van der Waals surface area contributed by atoms with Crippen LogP contribution >= 0.6 is 0 Å². The van der Waals surface area contributed by atoms with Crippen molar-refractivity contribution in [2.24, 2.45) is 0 Å². The third-order valence-electron chi connectivity index (χ3n) is 3.24. The van der Waals surface area contributed by atoms with Crippen molar-refractivity contribution in [2.45, 2.75) is 26.4 Å². The summed E-state index contributed by atoms with van der Waals surface area (Å²) in [4.78, 5) is 30.5. The van der Waals surface area contributed by atoms with Crippen LogP contribution in [0.2, 0.25) is 0 Å². The van der Waals surface area contributed by atoms with Gasteiger partial charge in [0.05, 0.1) is 18.8 Å². The van der Waals surface area contributed by atoms with E-state index in [2.05, 4.69) is 15.8 Å². The lowest BCUT2D eigenvalue weighted by Crippen LogP contribution is -2.45. The van der Waals surface area contributed by atoms with E-state index >= 15 is 0 Å². The SMILES string of the molecule is Bc1cnc(N2CCOCC2)c(C(=O)NNC(=O)OC(C)(C)C)c1. The van der Waals surface area contributed by atoms with E-state index in [0.29, 0.717) is 37.7 Å². The maximum atomic E-state index is 12.5. The summed E-state index contributed by atoms with van der Waals surface area (Å²) in [5.74, 6) is 0.130. The van der Waals surface area contributed by atoms with E-state index in [-0.39, 0.29) is 0 Å². The first-order valence-electron chi connectivity index (χ1n) is 7.85. The molecular weight excluding hydrogens is 311 g/mol. The molecule has 0 aromatic carbocycles. The van der Waals surface area contributed by atoms with E-state index in [1.807, 2.05) is 12.7 Å². The maximum absolute atomic E-state index is 12.5. The van der Waals surface area contributed by atoms with Crippen LogP contribution in [0.15, 0.2) is 12.3 Å². The van der Waals surface area contributed by atoms with Gasteiger partial charge in [0.2, 0.25) is 0 Å². The molecule has 0 aliphatic carbocycles. The molecule has 1 aromatic rings. The quantitative estimate of drug-likeness (QED) is 0.551. The number of pyridine rings is 1. The van der Waals surface area contributed by atoms with Gasteiger partial charge in [0.15, 0.2) is 0 Å². The van der Waals surface area contributed by atoms with Crippen molar-refractivity contribution < 1.29 is 19.1 Å². The van der Waals surface area contributed by atoms with E-state index in [4.69, 9.17) is 9.47 Å². The summed E-state index contributed by atoms with van der Waals surface area (Å²) in [5.41, 5.74) is 5.23. The van der Waals surface area contributed by atoms with Crippen LogP contribution in [0.5, 0.6) is 0 Å². The maximum Gasteiger partial charge on any atom is 0.426 e. The van der Waals surface area contributed by atoms with Gasteiger partial charge in [0.25, 0.3) is 5.91 Å². The van der Waals surface area contributed by atoms with Crippen molar-refractivity contribution >= 4 is 31.1 Å². The summed E-state index contributed by atoms with van der Waals surface area (Å²) >= 11 is 0. The molecule has 2 heterocycles. The third kappa shape index (κ3) is 5.12. The number of nitrogens with zero attached hydrogens (tertiary/aromatic N) is 2. The molecule has 0 spiro atoms. The minimum atomic E-state index is -0.718. The molecule has 1 saturated heterocycles. The van der Waals surface area contributed by atoms with Crippen molar-refractivity contribution in [3.05, 3.63) is 17.8 Å². The van der Waals surface area contributed by atoms with Crippen LogP contribution in [-0.4, -0.2) is 56.7 Å². The molecule has 0 bridgehead atoms. The highest BCUT2D eigenvalue weighted by atomic mass is 16.6. The predicted molar refractivity (Wildman–Crippen MR) is 92.3 cm³/mol. The van der Waals surface area contributed by atoms with Crippen molar-refractivity contribution in [1.29, 1.82) is 0 Å². The molecule has 0 unspecified atom stereocenters. The number of amides is 2. The number of rotatable bonds is 2. The molecule has 130 valence electrons. The largest absolute Gasteiger partial charge is 0.443 e. The lowest BCUT2D eigenvalue weighted by atomic mass is 9.96. The Morgan fingerprint density at radius 2 is 1.96 bits per heavy atom. The van der Waals surface area contributed by atoms with Gasteiger partial charge in [-0.05, 0) is 20.8 Å². The van der Waals surface area contributed by atoms with Gasteiger partial charge in [-0.1, -0.05) is 11.5 Å². The van der Waals surface area contributed by atoms with Crippen molar-refractivity contribution in [3.8, 4) is 0 Å². The Labute approximate surface area is 142 Å². The number of hydrogen-bond acceptors (Lipinski definition) is 6. The number of aromatic nitrogens is 1. The molecule has 0 atom stereocenters. The molecule has 8 nitrogen and oxygen atoms in total. The van der Waals surface area contributed by atoms with Crippen molar-refractivity contribution in [3.63, 3.8) is 0 Å². The summed E-state index contributed by atoms with van der Waals surface area (Å²) < 4.78 is 10.4. The molecule has 1 aliphatic heterocycles. The molecule has 2 N–H and O–H groups in total. The van der Waals surface area contributed by atoms with Gasteiger partial charge in [-0.25, -0.2) is 15.2 Å². The number of carbonyl (C=O) groups is 2. The third-order valence-corrected chi connectivity index (χ3v) is 3.24. The van der Waals surface area contributed by atoms with Gasteiger partial charge in [-0.15, -0.1) is 0 Å². The van der Waals surface area contributed by atoms with E-state index in [0.717, 1.165) is 5.46 Å². The van der Waals surface area contributed by atoms with E-state index in [1.54, 1.807) is 33.0 Å². The van der Waals surface area contributed by atoms with Gasteiger partial charge in [0.1, 0.15) is 19.3 Å². The Kier molecular flexibility index (Phi) is 5.66. The summed E-state index contributed by atoms with van der Waals surface area (Å²) in [6.07, 6.45) is 0.993. The van der Waals surface area contributed by atoms with Crippen molar-refractivity contribution in [1.82, 2.24) is 15.8 Å². The minimum absolute atomic E-state index is 0.396. The number of carbonyl (C=O) groups excluding carboxylic acids is 2. The first-order chi connectivity index (χ1) is 11.3. The number of morpholine rings is 1. The number of ether oxygens (including phenoxy) is 2. The second kappa shape index (κ2) is 7.52. The molecule has 1 fully saturated rings. The monoisotopic (exact) mass is 334 g/mol. The molecule has 0 saturated carbocycles. The van der Waals surface area contributed by atoms with Crippen LogP contribution in [0.1, 0.15) is 31.1 Å².